The number of carboxylic acid groups (broad SMARTS) is 1. The number of nitrogens with zero attached hydrogens (tertiary/aromatic N) is 3. The number of aromatic nitrogens is 2. The monoisotopic (exact) mass is 241 g/mol. The van der Waals surface area contributed by atoms with Crippen molar-refractivity contribution in [2.24, 2.45) is 0 Å². The molecule has 7 nitrogen and oxygen atoms in total. The molecule has 1 saturated heterocycles. The molecular weight excluding hydrogens is 226 g/mol. The van der Waals surface area contributed by atoms with E-state index in [0.29, 0.717) is 12.4 Å². The molecule has 0 bridgehead atoms. The number of piperidine rings is 1. The summed E-state index contributed by atoms with van der Waals surface area (Å²) in [4.78, 5) is 16.5. The maximum absolute atomic E-state index is 10.4. The first-order valence-electron chi connectivity index (χ1n) is 5.55. The van der Waals surface area contributed by atoms with Crippen LogP contribution in [0, 0.1) is 0 Å². The Hall–Kier alpha value is -1.47. The predicted octanol–water partition coefficient (Wildman–Crippen LogP) is 0.135. The Kier molecular flexibility index (Phi) is 4.05. The molecule has 1 aliphatic heterocycles. The first kappa shape index (κ1) is 12.0. The van der Waals surface area contributed by atoms with Gasteiger partial charge in [0.25, 0.3) is 0 Å². The van der Waals surface area contributed by atoms with Gasteiger partial charge in [0.05, 0.1) is 12.6 Å². The molecule has 17 heavy (non-hydrogen) atoms. The molecule has 1 aromatic heterocycles. The average molecular weight is 241 g/mol. The number of hydrogen-bond acceptors (Lipinski definition) is 6. The molecule has 94 valence electrons. The van der Waals surface area contributed by atoms with Crippen LogP contribution in [0.4, 0.5) is 0 Å². The number of rotatable bonds is 5. The fourth-order valence-electron chi connectivity index (χ4n) is 1.89. The van der Waals surface area contributed by atoms with Crippen molar-refractivity contribution in [3.05, 3.63) is 12.2 Å². The topological polar surface area (TPSA) is 88.7 Å². The van der Waals surface area contributed by atoms with Crippen molar-refractivity contribution in [3.63, 3.8) is 0 Å². The van der Waals surface area contributed by atoms with Gasteiger partial charge in [0.1, 0.15) is 6.61 Å². The zero-order valence-corrected chi connectivity index (χ0v) is 9.41. The zero-order valence-electron chi connectivity index (χ0n) is 9.41. The van der Waals surface area contributed by atoms with E-state index in [-0.39, 0.29) is 12.7 Å². The van der Waals surface area contributed by atoms with Crippen LogP contribution >= 0.6 is 0 Å². The van der Waals surface area contributed by atoms with Crippen molar-refractivity contribution in [2.75, 3.05) is 19.7 Å². The SMILES string of the molecule is O=C(O)COC1CCN(Cc2ncon2)CC1. The van der Waals surface area contributed by atoms with E-state index in [1.165, 1.54) is 6.39 Å². The molecule has 1 fully saturated rings. The third-order valence-electron chi connectivity index (χ3n) is 2.75. The Bertz CT molecular complexity index is 346. The summed E-state index contributed by atoms with van der Waals surface area (Å²) in [6.45, 7) is 2.18. The molecular formula is C10H15N3O4. The minimum Gasteiger partial charge on any atom is -0.480 e. The van der Waals surface area contributed by atoms with Gasteiger partial charge in [0, 0.05) is 13.1 Å². The first-order chi connectivity index (χ1) is 8.24. The van der Waals surface area contributed by atoms with E-state index in [0.717, 1.165) is 25.9 Å². The van der Waals surface area contributed by atoms with Crippen LogP contribution in [0.25, 0.3) is 0 Å². The Morgan fingerprint density at radius 2 is 2.35 bits per heavy atom. The van der Waals surface area contributed by atoms with Gasteiger partial charge >= 0.3 is 5.97 Å². The highest BCUT2D eigenvalue weighted by Crippen LogP contribution is 2.14. The predicted molar refractivity (Wildman–Crippen MR) is 56.2 cm³/mol. The van der Waals surface area contributed by atoms with Gasteiger partial charge in [-0.1, -0.05) is 5.16 Å². The molecule has 7 heteroatoms. The summed E-state index contributed by atoms with van der Waals surface area (Å²) >= 11 is 0. The Morgan fingerprint density at radius 1 is 1.59 bits per heavy atom. The summed E-state index contributed by atoms with van der Waals surface area (Å²) in [6.07, 6.45) is 3.04. The smallest absolute Gasteiger partial charge is 0.329 e. The van der Waals surface area contributed by atoms with Gasteiger partial charge in [0.15, 0.2) is 5.82 Å². The number of likely N-dealkylation sites (tertiary alicyclic amines) is 1. The van der Waals surface area contributed by atoms with E-state index in [1.54, 1.807) is 0 Å². The third kappa shape index (κ3) is 3.79. The van der Waals surface area contributed by atoms with Gasteiger partial charge in [-0.3, -0.25) is 4.90 Å². The standard InChI is InChI=1S/C10H15N3O4/c14-10(15)6-16-8-1-3-13(4-2-8)5-9-11-7-17-12-9/h7-8H,1-6H2,(H,14,15). The molecule has 0 radical (unpaired) electrons. The maximum Gasteiger partial charge on any atom is 0.329 e. The minimum absolute atomic E-state index is 0.0487. The Labute approximate surface area is 98.4 Å². The summed E-state index contributed by atoms with van der Waals surface area (Å²) < 4.78 is 9.92. The first-order valence-corrected chi connectivity index (χ1v) is 5.55. The fourth-order valence-corrected chi connectivity index (χ4v) is 1.89. The molecule has 0 aromatic carbocycles. The van der Waals surface area contributed by atoms with Gasteiger partial charge in [-0.2, -0.15) is 4.98 Å². The van der Waals surface area contributed by atoms with Crippen molar-refractivity contribution < 1.29 is 19.2 Å². The molecule has 0 spiro atoms. The molecule has 0 amide bonds. The summed E-state index contributed by atoms with van der Waals surface area (Å²) in [6, 6.07) is 0. The molecule has 2 heterocycles. The fraction of sp³-hybridized carbons (Fsp3) is 0.700. The van der Waals surface area contributed by atoms with Crippen molar-refractivity contribution in [1.29, 1.82) is 0 Å². The van der Waals surface area contributed by atoms with Crippen molar-refractivity contribution >= 4 is 5.97 Å². The van der Waals surface area contributed by atoms with Crippen LogP contribution in [0.15, 0.2) is 10.9 Å². The highest BCUT2D eigenvalue weighted by Gasteiger charge is 2.21. The minimum atomic E-state index is -0.917. The van der Waals surface area contributed by atoms with Crippen LogP contribution in [0.5, 0.6) is 0 Å². The van der Waals surface area contributed by atoms with Crippen LogP contribution in [0.2, 0.25) is 0 Å². The Balaban J connectivity index is 1.69. The van der Waals surface area contributed by atoms with Crippen molar-refractivity contribution in [3.8, 4) is 0 Å². The summed E-state index contributed by atoms with van der Waals surface area (Å²) in [5, 5.41) is 12.3. The zero-order chi connectivity index (χ0) is 12.1. The molecule has 1 aliphatic rings. The second kappa shape index (κ2) is 5.74. The van der Waals surface area contributed by atoms with Gasteiger partial charge in [0.2, 0.25) is 6.39 Å². The van der Waals surface area contributed by atoms with E-state index >= 15 is 0 Å². The lowest BCUT2D eigenvalue weighted by molar-refractivity contribution is -0.145. The maximum atomic E-state index is 10.4. The summed E-state index contributed by atoms with van der Waals surface area (Å²) in [5.41, 5.74) is 0. The van der Waals surface area contributed by atoms with Gasteiger partial charge < -0.3 is 14.4 Å². The number of carbonyl (C=O) groups is 1. The normalized spacial score (nSPS) is 18.4. The van der Waals surface area contributed by atoms with Crippen LogP contribution in [0.3, 0.4) is 0 Å². The second-order valence-electron chi connectivity index (χ2n) is 4.03. The number of carboxylic acids is 1. The summed E-state index contributed by atoms with van der Waals surface area (Å²) in [5.74, 6) is -0.242. The lowest BCUT2D eigenvalue weighted by Crippen LogP contribution is -2.37. The van der Waals surface area contributed by atoms with E-state index in [9.17, 15) is 4.79 Å². The number of aliphatic carboxylic acids is 1. The van der Waals surface area contributed by atoms with Gasteiger partial charge in [-0.05, 0) is 12.8 Å². The van der Waals surface area contributed by atoms with Gasteiger partial charge in [-0.15, -0.1) is 0 Å². The van der Waals surface area contributed by atoms with Crippen LogP contribution in [-0.4, -0.2) is 51.9 Å². The Morgan fingerprint density at radius 3 is 2.94 bits per heavy atom. The van der Waals surface area contributed by atoms with E-state index < -0.39 is 5.97 Å². The van der Waals surface area contributed by atoms with Crippen LogP contribution < -0.4 is 0 Å². The highest BCUT2D eigenvalue weighted by atomic mass is 16.5. The van der Waals surface area contributed by atoms with Crippen LogP contribution in [0.1, 0.15) is 18.7 Å². The molecule has 2 rings (SSSR count). The van der Waals surface area contributed by atoms with Crippen LogP contribution in [-0.2, 0) is 16.1 Å². The lowest BCUT2D eigenvalue weighted by atomic mass is 10.1. The average Bonchev–Trinajstić information content (AvgIpc) is 2.81. The largest absolute Gasteiger partial charge is 0.480 e. The summed E-state index contributed by atoms with van der Waals surface area (Å²) in [7, 11) is 0. The molecule has 1 N–H and O–H groups in total. The van der Waals surface area contributed by atoms with Crippen molar-refractivity contribution in [2.45, 2.75) is 25.5 Å². The molecule has 1 aromatic rings. The van der Waals surface area contributed by atoms with Crippen molar-refractivity contribution in [1.82, 2.24) is 15.0 Å². The number of hydrogen-bond donors (Lipinski definition) is 1. The van der Waals surface area contributed by atoms with E-state index in [1.807, 2.05) is 0 Å². The molecule has 0 atom stereocenters. The lowest BCUT2D eigenvalue weighted by Gasteiger charge is -2.30. The van der Waals surface area contributed by atoms with E-state index in [2.05, 4.69) is 19.6 Å². The second-order valence-corrected chi connectivity index (χ2v) is 4.03. The molecule has 0 saturated carbocycles. The molecule has 0 unspecified atom stereocenters. The quantitative estimate of drug-likeness (QED) is 0.784. The number of ether oxygens (including phenoxy) is 1. The van der Waals surface area contributed by atoms with E-state index in [4.69, 9.17) is 9.84 Å². The van der Waals surface area contributed by atoms with Gasteiger partial charge in [-0.25, -0.2) is 4.79 Å². The third-order valence-corrected chi connectivity index (χ3v) is 2.75. The highest BCUT2D eigenvalue weighted by molar-refractivity contribution is 5.68. The molecule has 0 aliphatic carbocycles.